The third-order valence-electron chi connectivity index (χ3n) is 3.13. The molecular formula is C15H18N2O3S. The Labute approximate surface area is 124 Å². The van der Waals surface area contributed by atoms with Crippen LogP contribution in [0.2, 0.25) is 0 Å². The molecule has 2 aromatic rings. The van der Waals surface area contributed by atoms with Crippen LogP contribution >= 0.6 is 0 Å². The number of aryl methyl sites for hydroxylation is 2. The van der Waals surface area contributed by atoms with Gasteiger partial charge in [0.2, 0.25) is 0 Å². The van der Waals surface area contributed by atoms with Crippen LogP contribution in [0.3, 0.4) is 0 Å². The molecule has 0 saturated heterocycles. The normalized spacial score (nSPS) is 11.2. The second-order valence-electron chi connectivity index (χ2n) is 4.83. The standard InChI is InChI=1S/C15H18N2O3S/c1-10-4-7-15(13(16)8-10)21(18,19)17-14-6-5-12(20-3)9-11(14)2/h4-9,17H,16H2,1-3H3. The van der Waals surface area contributed by atoms with Gasteiger partial charge in [-0.05, 0) is 55.3 Å². The molecule has 0 unspecified atom stereocenters. The van der Waals surface area contributed by atoms with Crippen LogP contribution in [0.15, 0.2) is 41.3 Å². The van der Waals surface area contributed by atoms with Crippen molar-refractivity contribution in [1.29, 1.82) is 0 Å². The molecule has 3 N–H and O–H groups in total. The minimum absolute atomic E-state index is 0.0725. The highest BCUT2D eigenvalue weighted by molar-refractivity contribution is 7.92. The molecule has 0 aliphatic carbocycles. The van der Waals surface area contributed by atoms with Crippen molar-refractivity contribution in [2.75, 3.05) is 17.6 Å². The molecule has 0 spiro atoms. The van der Waals surface area contributed by atoms with Crippen molar-refractivity contribution in [3.05, 3.63) is 47.5 Å². The van der Waals surface area contributed by atoms with E-state index < -0.39 is 10.0 Å². The van der Waals surface area contributed by atoms with Crippen LogP contribution in [0.1, 0.15) is 11.1 Å². The maximum Gasteiger partial charge on any atom is 0.263 e. The summed E-state index contributed by atoms with van der Waals surface area (Å²) in [5, 5.41) is 0. The number of hydrogen-bond donors (Lipinski definition) is 2. The fourth-order valence-corrected chi connectivity index (χ4v) is 3.23. The van der Waals surface area contributed by atoms with Gasteiger partial charge in [-0.1, -0.05) is 6.07 Å². The van der Waals surface area contributed by atoms with Gasteiger partial charge >= 0.3 is 0 Å². The molecule has 21 heavy (non-hydrogen) atoms. The highest BCUT2D eigenvalue weighted by atomic mass is 32.2. The highest BCUT2D eigenvalue weighted by Crippen LogP contribution is 2.26. The Morgan fingerprint density at radius 1 is 1.10 bits per heavy atom. The van der Waals surface area contributed by atoms with Crippen molar-refractivity contribution in [3.8, 4) is 5.75 Å². The molecule has 0 radical (unpaired) electrons. The van der Waals surface area contributed by atoms with E-state index in [4.69, 9.17) is 10.5 Å². The molecule has 0 aliphatic rings. The molecule has 5 nitrogen and oxygen atoms in total. The topological polar surface area (TPSA) is 81.4 Å². The fourth-order valence-electron chi connectivity index (χ4n) is 1.99. The van der Waals surface area contributed by atoms with E-state index in [9.17, 15) is 8.42 Å². The van der Waals surface area contributed by atoms with Crippen molar-refractivity contribution in [2.45, 2.75) is 18.7 Å². The second kappa shape index (κ2) is 5.65. The number of ether oxygens (including phenoxy) is 1. The van der Waals surface area contributed by atoms with Gasteiger partial charge in [-0.25, -0.2) is 8.42 Å². The largest absolute Gasteiger partial charge is 0.497 e. The van der Waals surface area contributed by atoms with Crippen molar-refractivity contribution >= 4 is 21.4 Å². The zero-order valence-corrected chi connectivity index (χ0v) is 13.0. The van der Waals surface area contributed by atoms with Gasteiger partial charge in [-0.2, -0.15) is 0 Å². The molecule has 0 saturated carbocycles. The zero-order chi connectivity index (χ0) is 15.6. The summed E-state index contributed by atoms with van der Waals surface area (Å²) in [6.45, 7) is 3.66. The molecule has 112 valence electrons. The lowest BCUT2D eigenvalue weighted by Crippen LogP contribution is -2.15. The molecule has 0 heterocycles. The predicted molar refractivity (Wildman–Crippen MR) is 84.1 cm³/mol. The first-order valence-corrected chi connectivity index (χ1v) is 7.85. The number of sulfonamides is 1. The molecule has 0 aliphatic heterocycles. The Hall–Kier alpha value is -2.21. The minimum atomic E-state index is -3.72. The predicted octanol–water partition coefficient (Wildman–Crippen LogP) is 2.70. The Morgan fingerprint density at radius 2 is 1.81 bits per heavy atom. The van der Waals surface area contributed by atoms with Crippen molar-refractivity contribution in [2.24, 2.45) is 0 Å². The molecule has 2 aromatic carbocycles. The molecule has 6 heteroatoms. The van der Waals surface area contributed by atoms with E-state index >= 15 is 0 Å². The fraction of sp³-hybridized carbons (Fsp3) is 0.200. The number of nitrogen functional groups attached to an aromatic ring is 1. The van der Waals surface area contributed by atoms with E-state index in [0.29, 0.717) is 11.4 Å². The van der Waals surface area contributed by atoms with Crippen LogP contribution in [-0.2, 0) is 10.0 Å². The van der Waals surface area contributed by atoms with Crippen LogP contribution in [-0.4, -0.2) is 15.5 Å². The van der Waals surface area contributed by atoms with Crippen LogP contribution in [0, 0.1) is 13.8 Å². The van der Waals surface area contributed by atoms with Crippen molar-refractivity contribution in [1.82, 2.24) is 0 Å². The number of anilines is 2. The van der Waals surface area contributed by atoms with Gasteiger partial charge in [-0.15, -0.1) is 0 Å². The minimum Gasteiger partial charge on any atom is -0.497 e. The van der Waals surface area contributed by atoms with Crippen LogP contribution in [0.5, 0.6) is 5.75 Å². The summed E-state index contributed by atoms with van der Waals surface area (Å²) in [7, 11) is -2.16. The van der Waals surface area contributed by atoms with Gasteiger partial charge in [0, 0.05) is 0 Å². The first-order valence-electron chi connectivity index (χ1n) is 6.37. The van der Waals surface area contributed by atoms with Crippen LogP contribution in [0.4, 0.5) is 11.4 Å². The summed E-state index contributed by atoms with van der Waals surface area (Å²) in [6, 6.07) is 9.98. The molecule has 2 rings (SSSR count). The Morgan fingerprint density at radius 3 is 2.38 bits per heavy atom. The van der Waals surface area contributed by atoms with Crippen molar-refractivity contribution in [3.63, 3.8) is 0 Å². The number of nitrogens with one attached hydrogen (secondary N) is 1. The van der Waals surface area contributed by atoms with Gasteiger partial charge in [-0.3, -0.25) is 4.72 Å². The number of hydrogen-bond acceptors (Lipinski definition) is 4. The van der Waals surface area contributed by atoms with Gasteiger partial charge in [0.05, 0.1) is 18.5 Å². The average molecular weight is 306 g/mol. The van der Waals surface area contributed by atoms with Gasteiger partial charge < -0.3 is 10.5 Å². The molecule has 0 atom stereocenters. The Balaban J connectivity index is 2.37. The van der Waals surface area contributed by atoms with Crippen molar-refractivity contribution < 1.29 is 13.2 Å². The molecule has 0 fully saturated rings. The maximum absolute atomic E-state index is 12.4. The highest BCUT2D eigenvalue weighted by Gasteiger charge is 2.18. The second-order valence-corrected chi connectivity index (χ2v) is 6.48. The third-order valence-corrected chi connectivity index (χ3v) is 4.57. The van der Waals surface area contributed by atoms with E-state index in [1.165, 1.54) is 6.07 Å². The molecule has 0 aromatic heterocycles. The van der Waals surface area contributed by atoms with E-state index in [1.807, 2.05) is 6.92 Å². The van der Waals surface area contributed by atoms with Crippen LogP contribution in [0.25, 0.3) is 0 Å². The molecular weight excluding hydrogens is 288 g/mol. The Kier molecular flexibility index (Phi) is 4.09. The quantitative estimate of drug-likeness (QED) is 0.851. The summed E-state index contributed by atoms with van der Waals surface area (Å²) in [4.78, 5) is 0.0725. The zero-order valence-electron chi connectivity index (χ0n) is 12.2. The lowest BCUT2D eigenvalue weighted by molar-refractivity contribution is 0.414. The molecule has 0 bridgehead atoms. The maximum atomic E-state index is 12.4. The van der Waals surface area contributed by atoms with E-state index in [-0.39, 0.29) is 10.6 Å². The first-order chi connectivity index (χ1) is 9.83. The summed E-state index contributed by atoms with van der Waals surface area (Å²) in [5.41, 5.74) is 8.21. The van der Waals surface area contributed by atoms with Gasteiger partial charge in [0.25, 0.3) is 10.0 Å². The summed E-state index contributed by atoms with van der Waals surface area (Å²) in [6.07, 6.45) is 0. The summed E-state index contributed by atoms with van der Waals surface area (Å²) < 4.78 is 32.5. The summed E-state index contributed by atoms with van der Waals surface area (Å²) >= 11 is 0. The third kappa shape index (κ3) is 3.28. The lowest BCUT2D eigenvalue weighted by Gasteiger charge is -2.13. The van der Waals surface area contributed by atoms with Gasteiger partial charge in [0.1, 0.15) is 10.6 Å². The lowest BCUT2D eigenvalue weighted by atomic mass is 10.2. The number of rotatable bonds is 4. The number of methoxy groups -OCH3 is 1. The first kappa shape index (κ1) is 15.2. The summed E-state index contributed by atoms with van der Waals surface area (Å²) in [5.74, 6) is 0.672. The Bertz CT molecular complexity index is 770. The molecule has 0 amide bonds. The monoisotopic (exact) mass is 306 g/mol. The van der Waals surface area contributed by atoms with E-state index in [2.05, 4.69) is 4.72 Å². The SMILES string of the molecule is COc1ccc(NS(=O)(=O)c2ccc(C)cc2N)c(C)c1. The van der Waals surface area contributed by atoms with Crippen LogP contribution < -0.4 is 15.2 Å². The van der Waals surface area contributed by atoms with Gasteiger partial charge in [0.15, 0.2) is 0 Å². The van der Waals surface area contributed by atoms with E-state index in [1.54, 1.807) is 44.4 Å². The van der Waals surface area contributed by atoms with E-state index in [0.717, 1.165) is 11.1 Å². The smallest absolute Gasteiger partial charge is 0.263 e. The number of nitrogens with two attached hydrogens (primary N) is 1. The number of benzene rings is 2. The average Bonchev–Trinajstić information content (AvgIpc) is 2.40.